The number of unbranched alkanes of at least 4 members (excludes halogenated alkanes) is 1. The largest absolute Gasteiger partial charge is 0.334 e. The molecule has 0 amide bonds. The van der Waals surface area contributed by atoms with Crippen molar-refractivity contribution in [2.45, 2.75) is 53.1 Å². The second kappa shape index (κ2) is 10.2. The molecule has 0 bridgehead atoms. The van der Waals surface area contributed by atoms with Gasteiger partial charge in [0, 0.05) is 42.6 Å². The van der Waals surface area contributed by atoms with Crippen molar-refractivity contribution in [3.05, 3.63) is 88.5 Å². The number of aromatic amines is 1. The monoisotopic (exact) mass is 482 g/mol. The number of benzene rings is 1. The molecule has 0 aliphatic carbocycles. The highest BCUT2D eigenvalue weighted by Gasteiger charge is 2.18. The van der Waals surface area contributed by atoms with Crippen LogP contribution in [-0.2, 0) is 19.5 Å². The van der Waals surface area contributed by atoms with Gasteiger partial charge in [-0.25, -0.2) is 4.79 Å². The summed E-state index contributed by atoms with van der Waals surface area (Å²) in [5.74, 6) is 1.49. The lowest BCUT2D eigenvalue weighted by atomic mass is 10.00. The van der Waals surface area contributed by atoms with E-state index >= 15 is 0 Å². The molecule has 0 fully saturated rings. The fourth-order valence-corrected chi connectivity index (χ4v) is 4.65. The molecule has 9 heteroatoms. The minimum Gasteiger partial charge on any atom is -0.334 e. The summed E-state index contributed by atoms with van der Waals surface area (Å²) in [6.45, 7) is 7.57. The molecule has 0 saturated heterocycles. The fraction of sp³-hybridized carbons (Fsp3) is 0.296. The lowest BCUT2D eigenvalue weighted by Gasteiger charge is -2.12. The number of imidazole rings is 1. The zero-order chi connectivity index (χ0) is 25.1. The van der Waals surface area contributed by atoms with Gasteiger partial charge in [0.05, 0.1) is 6.54 Å². The molecule has 1 aromatic carbocycles. The molecule has 1 N–H and O–H groups in total. The Balaban J connectivity index is 1.54. The van der Waals surface area contributed by atoms with Crippen molar-refractivity contribution in [1.29, 1.82) is 0 Å². The number of H-pyrrole nitrogens is 1. The number of hydrogen-bond acceptors (Lipinski definition) is 5. The standard InChI is InChI=1S/C27H30N8O/c1-4-6-7-23-18-35(26-19(3)13-15-33(26)5-2)27(36)34(23)17-22-16-28-14-12-24(22)20-8-10-21(11-9-20)25-29-31-32-30-25/h8-16,18H,4-7,17H2,1-3H3,(H,29,30,31,32). The van der Waals surface area contributed by atoms with Crippen LogP contribution in [-0.4, -0.2) is 39.3 Å². The molecule has 4 aromatic heterocycles. The molecular formula is C27H30N8O. The fourth-order valence-electron chi connectivity index (χ4n) is 4.65. The highest BCUT2D eigenvalue weighted by molar-refractivity contribution is 5.69. The summed E-state index contributed by atoms with van der Waals surface area (Å²) >= 11 is 0. The van der Waals surface area contributed by atoms with E-state index in [1.165, 1.54) is 0 Å². The van der Waals surface area contributed by atoms with Gasteiger partial charge in [0.15, 0.2) is 0 Å². The van der Waals surface area contributed by atoms with Gasteiger partial charge in [0.1, 0.15) is 5.82 Å². The van der Waals surface area contributed by atoms with Crippen molar-refractivity contribution in [2.24, 2.45) is 0 Å². The number of nitrogens with zero attached hydrogens (tertiary/aromatic N) is 7. The third-order valence-corrected chi connectivity index (χ3v) is 6.58. The zero-order valence-electron chi connectivity index (χ0n) is 20.8. The second-order valence-electron chi connectivity index (χ2n) is 8.92. The van der Waals surface area contributed by atoms with E-state index in [4.69, 9.17) is 0 Å². The third kappa shape index (κ3) is 4.39. The number of pyridine rings is 1. The van der Waals surface area contributed by atoms with Crippen LogP contribution in [0.25, 0.3) is 28.3 Å². The van der Waals surface area contributed by atoms with Crippen LogP contribution in [0.3, 0.4) is 0 Å². The Labute approximate surface area is 209 Å². The van der Waals surface area contributed by atoms with E-state index in [0.29, 0.717) is 12.4 Å². The molecule has 5 rings (SSSR count). The first-order chi connectivity index (χ1) is 17.6. The molecule has 0 unspecified atom stereocenters. The Morgan fingerprint density at radius 2 is 1.83 bits per heavy atom. The van der Waals surface area contributed by atoms with Crippen LogP contribution in [0.15, 0.2) is 66.0 Å². The zero-order valence-corrected chi connectivity index (χ0v) is 20.8. The van der Waals surface area contributed by atoms with E-state index in [2.05, 4.69) is 57.0 Å². The highest BCUT2D eigenvalue weighted by atomic mass is 16.1. The molecular weight excluding hydrogens is 452 g/mol. The molecule has 0 saturated carbocycles. The van der Waals surface area contributed by atoms with Gasteiger partial charge in [-0.1, -0.05) is 37.6 Å². The van der Waals surface area contributed by atoms with Crippen LogP contribution in [0.1, 0.15) is 43.5 Å². The van der Waals surface area contributed by atoms with Crippen molar-refractivity contribution in [3.63, 3.8) is 0 Å². The van der Waals surface area contributed by atoms with Crippen LogP contribution in [0.5, 0.6) is 0 Å². The Hall–Kier alpha value is -4.27. The Morgan fingerprint density at radius 1 is 1.03 bits per heavy atom. The molecule has 5 aromatic rings. The van der Waals surface area contributed by atoms with Gasteiger partial charge in [0.25, 0.3) is 0 Å². The lowest BCUT2D eigenvalue weighted by molar-refractivity contribution is 0.664. The number of nitrogens with one attached hydrogen (secondary N) is 1. The third-order valence-electron chi connectivity index (χ3n) is 6.58. The molecule has 0 atom stereocenters. The summed E-state index contributed by atoms with van der Waals surface area (Å²) in [4.78, 5) is 18.2. The van der Waals surface area contributed by atoms with E-state index in [0.717, 1.165) is 65.1 Å². The van der Waals surface area contributed by atoms with Crippen LogP contribution in [0, 0.1) is 6.92 Å². The minimum atomic E-state index is -0.0279. The molecule has 36 heavy (non-hydrogen) atoms. The average molecular weight is 483 g/mol. The molecule has 0 aliphatic heterocycles. The summed E-state index contributed by atoms with van der Waals surface area (Å²) in [6.07, 6.45) is 10.6. The maximum Gasteiger partial charge on any atom is 0.334 e. The van der Waals surface area contributed by atoms with Gasteiger partial charge < -0.3 is 4.57 Å². The van der Waals surface area contributed by atoms with Gasteiger partial charge in [0.2, 0.25) is 5.82 Å². The number of tetrazole rings is 1. The van der Waals surface area contributed by atoms with Crippen molar-refractivity contribution in [3.8, 4) is 28.3 Å². The predicted molar refractivity (Wildman–Crippen MR) is 139 cm³/mol. The number of hydrogen-bond donors (Lipinski definition) is 1. The van der Waals surface area contributed by atoms with Gasteiger partial charge in [-0.2, -0.15) is 5.21 Å². The summed E-state index contributed by atoms with van der Waals surface area (Å²) in [7, 11) is 0. The lowest BCUT2D eigenvalue weighted by Crippen LogP contribution is -2.26. The first-order valence-corrected chi connectivity index (χ1v) is 12.3. The molecule has 0 radical (unpaired) electrons. The summed E-state index contributed by atoms with van der Waals surface area (Å²) in [6, 6.07) is 12.1. The average Bonchev–Trinajstić information content (AvgIpc) is 3.64. The summed E-state index contributed by atoms with van der Waals surface area (Å²) in [5, 5.41) is 14.2. The summed E-state index contributed by atoms with van der Waals surface area (Å²) < 4.78 is 5.82. The number of aromatic nitrogens is 8. The molecule has 184 valence electrons. The molecule has 0 aliphatic rings. The minimum absolute atomic E-state index is 0.0279. The van der Waals surface area contributed by atoms with Crippen LogP contribution in [0.4, 0.5) is 0 Å². The normalized spacial score (nSPS) is 11.3. The summed E-state index contributed by atoms with van der Waals surface area (Å²) in [5.41, 5.74) is 6.04. The van der Waals surface area contributed by atoms with Gasteiger partial charge in [-0.3, -0.25) is 14.1 Å². The van der Waals surface area contributed by atoms with Gasteiger partial charge >= 0.3 is 5.69 Å². The molecule has 4 heterocycles. The van der Waals surface area contributed by atoms with E-state index < -0.39 is 0 Å². The van der Waals surface area contributed by atoms with E-state index in [1.54, 1.807) is 10.8 Å². The van der Waals surface area contributed by atoms with Crippen molar-refractivity contribution in [1.82, 2.24) is 39.3 Å². The highest BCUT2D eigenvalue weighted by Crippen LogP contribution is 2.26. The Morgan fingerprint density at radius 3 is 2.56 bits per heavy atom. The Bertz CT molecular complexity index is 1510. The second-order valence-corrected chi connectivity index (χ2v) is 8.92. The van der Waals surface area contributed by atoms with Crippen molar-refractivity contribution < 1.29 is 0 Å². The quantitative estimate of drug-likeness (QED) is 0.336. The topological polar surface area (TPSA) is 99.2 Å². The number of aryl methyl sites for hydroxylation is 3. The first-order valence-electron chi connectivity index (χ1n) is 12.3. The molecule has 9 nitrogen and oxygen atoms in total. The van der Waals surface area contributed by atoms with Gasteiger partial charge in [-0.15, -0.1) is 10.2 Å². The molecule has 0 spiro atoms. The number of rotatable bonds is 9. The first kappa shape index (κ1) is 23.5. The SMILES string of the molecule is CCCCc1cn(-c2c(C)ccn2CC)c(=O)n1Cc1cnccc1-c1ccc(-c2nn[nH]n2)cc1. The van der Waals surface area contributed by atoms with Crippen LogP contribution >= 0.6 is 0 Å². The smallest absolute Gasteiger partial charge is 0.334 e. The van der Waals surface area contributed by atoms with Gasteiger partial charge in [-0.05, 0) is 66.3 Å². The van der Waals surface area contributed by atoms with Crippen LogP contribution < -0.4 is 5.69 Å². The van der Waals surface area contributed by atoms with Crippen molar-refractivity contribution in [2.75, 3.05) is 0 Å². The van der Waals surface area contributed by atoms with Crippen molar-refractivity contribution >= 4 is 0 Å². The Kier molecular flexibility index (Phi) is 6.62. The van der Waals surface area contributed by atoms with E-state index in [-0.39, 0.29) is 5.69 Å². The van der Waals surface area contributed by atoms with E-state index in [1.807, 2.05) is 53.5 Å². The predicted octanol–water partition coefficient (Wildman–Crippen LogP) is 4.40. The maximum absolute atomic E-state index is 13.8. The van der Waals surface area contributed by atoms with Crippen LogP contribution in [0.2, 0.25) is 0 Å². The van der Waals surface area contributed by atoms with E-state index in [9.17, 15) is 4.79 Å². The maximum atomic E-state index is 13.8.